The molecule has 4 aromatic rings. The molecule has 5 aliphatic rings. The number of carbonyl (C=O) groups excluding carboxylic acids is 5. The van der Waals surface area contributed by atoms with E-state index in [4.69, 9.17) is 0 Å². The lowest BCUT2D eigenvalue weighted by Crippen LogP contribution is -2.53. The third kappa shape index (κ3) is 6.15. The molecule has 9 rings (SSSR count). The van der Waals surface area contributed by atoms with Gasteiger partial charge >= 0.3 is 0 Å². The summed E-state index contributed by atoms with van der Waals surface area (Å²) in [6, 6.07) is 17.3. The van der Waals surface area contributed by atoms with E-state index < -0.39 is 17.8 Å². The van der Waals surface area contributed by atoms with E-state index in [0.29, 0.717) is 46.9 Å². The fraction of sp³-hybridized carbons (Fsp3) is 0.333. The van der Waals surface area contributed by atoms with Gasteiger partial charge in [-0.1, -0.05) is 24.3 Å². The quantitative estimate of drug-likeness (QED) is 0.258. The summed E-state index contributed by atoms with van der Waals surface area (Å²) in [5.74, 6) is -2.08. The Balaban J connectivity index is 0.837. The van der Waals surface area contributed by atoms with Crippen molar-refractivity contribution in [3.05, 3.63) is 99.8 Å². The van der Waals surface area contributed by atoms with Crippen LogP contribution in [0.25, 0.3) is 11.1 Å². The van der Waals surface area contributed by atoms with Gasteiger partial charge in [-0.15, -0.1) is 11.3 Å². The van der Waals surface area contributed by atoms with Crippen molar-refractivity contribution in [3.8, 4) is 11.1 Å². The average Bonchev–Trinajstić information content (AvgIpc) is 3.90. The third-order valence-electron chi connectivity index (χ3n) is 11.2. The van der Waals surface area contributed by atoms with Crippen LogP contribution in [0.5, 0.6) is 0 Å². The zero-order chi connectivity index (χ0) is 36.4. The number of anilines is 2. The molecule has 6 heterocycles. The lowest BCUT2D eigenvalue weighted by molar-refractivity contribution is -0.137. The maximum absolute atomic E-state index is 15.3. The first-order chi connectivity index (χ1) is 25.7. The number of hydrogen-bond donors (Lipinski definition) is 2. The van der Waals surface area contributed by atoms with Gasteiger partial charge in [-0.05, 0) is 71.8 Å². The smallest absolute Gasteiger partial charge is 0.255 e. The second-order valence-electron chi connectivity index (χ2n) is 14.4. The van der Waals surface area contributed by atoms with Gasteiger partial charge in [0.05, 0.1) is 6.54 Å². The molecule has 2 bridgehead atoms. The maximum Gasteiger partial charge on any atom is 0.255 e. The minimum atomic E-state index is -0.625. The lowest BCUT2D eigenvalue weighted by Gasteiger charge is -2.42. The Hall–Kier alpha value is -5.47. The number of nitrogens with one attached hydrogen (secondary N) is 2. The molecule has 0 saturated carbocycles. The average molecular weight is 734 g/mol. The highest BCUT2D eigenvalue weighted by Gasteiger charge is 2.42. The molecule has 0 spiro atoms. The van der Waals surface area contributed by atoms with Gasteiger partial charge in [-0.3, -0.25) is 34.2 Å². The van der Waals surface area contributed by atoms with Gasteiger partial charge < -0.3 is 20.0 Å². The van der Waals surface area contributed by atoms with Crippen LogP contribution in [-0.2, 0) is 34.0 Å². The SMILES string of the molecule is O=C1CCC(N2Cc3cc(CN4C5CCC4CN(c4ccc(-c6cc(F)c7c(c6)C(=O)N(CC(=O)Nc6nccs6)C7)cc4)C5)ccc3C2=O)C(=O)N1. The third-order valence-corrected chi connectivity index (χ3v) is 11.9. The molecule has 14 heteroatoms. The van der Waals surface area contributed by atoms with E-state index in [1.165, 1.54) is 22.3 Å². The van der Waals surface area contributed by atoms with E-state index in [2.05, 4.69) is 43.6 Å². The number of rotatable bonds is 8. The normalized spacial score (nSPS) is 22.4. The van der Waals surface area contributed by atoms with Crippen LogP contribution >= 0.6 is 11.3 Å². The summed E-state index contributed by atoms with van der Waals surface area (Å²) in [4.78, 5) is 74.9. The Kier molecular flexibility index (Phi) is 8.30. The van der Waals surface area contributed by atoms with Gasteiger partial charge in [-0.2, -0.15) is 0 Å². The number of hydrogen-bond acceptors (Lipinski definition) is 9. The number of imide groups is 1. The van der Waals surface area contributed by atoms with Crippen LogP contribution in [0.15, 0.2) is 66.2 Å². The van der Waals surface area contributed by atoms with Crippen molar-refractivity contribution >= 4 is 51.7 Å². The van der Waals surface area contributed by atoms with Gasteiger partial charge in [-0.25, -0.2) is 9.37 Å². The number of thiazole rings is 1. The topological polar surface area (TPSA) is 135 Å². The monoisotopic (exact) mass is 733 g/mol. The van der Waals surface area contributed by atoms with Gasteiger partial charge in [0.25, 0.3) is 11.8 Å². The molecule has 3 atom stereocenters. The second-order valence-corrected chi connectivity index (χ2v) is 15.3. The number of piperazine rings is 1. The summed E-state index contributed by atoms with van der Waals surface area (Å²) in [5, 5.41) is 7.22. The van der Waals surface area contributed by atoms with Crippen LogP contribution < -0.4 is 15.5 Å². The number of halogens is 1. The van der Waals surface area contributed by atoms with E-state index in [1.807, 2.05) is 24.3 Å². The predicted octanol–water partition coefficient (Wildman–Crippen LogP) is 4.16. The number of carbonyl (C=O) groups is 5. The van der Waals surface area contributed by atoms with E-state index >= 15 is 4.39 Å². The first kappa shape index (κ1) is 33.4. The molecular formula is C39H36FN7O5S. The highest BCUT2D eigenvalue weighted by Crippen LogP contribution is 2.37. The van der Waals surface area contributed by atoms with Crippen molar-refractivity contribution in [3.63, 3.8) is 0 Å². The largest absolute Gasteiger partial charge is 0.368 e. The molecular weight excluding hydrogens is 698 g/mol. The molecule has 53 heavy (non-hydrogen) atoms. The molecule has 0 radical (unpaired) electrons. The predicted molar refractivity (Wildman–Crippen MR) is 194 cm³/mol. The number of nitrogens with zero attached hydrogens (tertiary/aromatic N) is 5. The minimum absolute atomic E-state index is 0.0358. The van der Waals surface area contributed by atoms with Gasteiger partial charge in [0, 0.05) is 78.6 Å². The second kappa shape index (κ2) is 13.2. The molecule has 2 N–H and O–H groups in total. The Labute approximate surface area is 308 Å². The summed E-state index contributed by atoms with van der Waals surface area (Å²) in [5.41, 5.74) is 5.76. The van der Waals surface area contributed by atoms with Crippen molar-refractivity contribution < 1.29 is 28.4 Å². The van der Waals surface area contributed by atoms with Crippen molar-refractivity contribution in [2.24, 2.45) is 0 Å². The highest BCUT2D eigenvalue weighted by atomic mass is 32.1. The van der Waals surface area contributed by atoms with Crippen molar-refractivity contribution in [1.82, 2.24) is 25.0 Å². The van der Waals surface area contributed by atoms with E-state index in [1.54, 1.807) is 22.5 Å². The van der Waals surface area contributed by atoms with E-state index in [9.17, 15) is 24.0 Å². The van der Waals surface area contributed by atoms with Gasteiger partial charge in [0.1, 0.15) is 18.4 Å². The Bertz CT molecular complexity index is 2160. The fourth-order valence-corrected chi connectivity index (χ4v) is 9.14. The summed E-state index contributed by atoms with van der Waals surface area (Å²) < 4.78 is 15.3. The fourth-order valence-electron chi connectivity index (χ4n) is 8.59. The number of fused-ring (bicyclic) bond motifs is 4. The summed E-state index contributed by atoms with van der Waals surface area (Å²) in [7, 11) is 0. The van der Waals surface area contributed by atoms with Crippen molar-refractivity contribution in [2.45, 2.75) is 63.4 Å². The summed E-state index contributed by atoms with van der Waals surface area (Å²) in [6.07, 6.45) is 4.35. The van der Waals surface area contributed by atoms with Crippen LogP contribution in [-0.4, -0.2) is 87.0 Å². The van der Waals surface area contributed by atoms with Crippen LogP contribution in [0.3, 0.4) is 0 Å². The first-order valence-electron chi connectivity index (χ1n) is 17.9. The molecule has 3 fully saturated rings. The zero-order valence-electron chi connectivity index (χ0n) is 28.7. The van der Waals surface area contributed by atoms with E-state index in [0.717, 1.165) is 54.9 Å². The van der Waals surface area contributed by atoms with Crippen molar-refractivity contribution in [1.29, 1.82) is 0 Å². The standard InChI is InChI=1S/C39H36FN7O5S/c40-32-15-24(14-30-31(32)20-45(37(30)51)21-35(49)43-39-41-11-12-53-39)23-2-4-26(5-3-23)44-18-27-6-7-28(19-44)46(27)16-22-1-8-29-25(13-22)17-47(38(29)52)33-9-10-34(48)42-36(33)50/h1-5,8,11-15,27-28,33H,6-7,9-10,16-21H2,(H,41,43,49)(H,42,48,50). The Morgan fingerprint density at radius 2 is 1.70 bits per heavy atom. The molecule has 3 saturated heterocycles. The number of piperidine rings is 1. The number of benzene rings is 3. The van der Waals surface area contributed by atoms with Gasteiger partial charge in [0.15, 0.2) is 5.13 Å². The molecule has 3 aromatic carbocycles. The summed E-state index contributed by atoms with van der Waals surface area (Å²) >= 11 is 1.28. The van der Waals surface area contributed by atoms with Crippen molar-refractivity contribution in [2.75, 3.05) is 29.9 Å². The Morgan fingerprint density at radius 3 is 2.43 bits per heavy atom. The molecule has 5 aliphatic heterocycles. The zero-order valence-corrected chi connectivity index (χ0v) is 29.5. The molecule has 0 aliphatic carbocycles. The molecule has 270 valence electrons. The first-order valence-corrected chi connectivity index (χ1v) is 18.7. The molecule has 1 aromatic heterocycles. The number of aromatic nitrogens is 1. The molecule has 5 amide bonds. The molecule has 12 nitrogen and oxygen atoms in total. The minimum Gasteiger partial charge on any atom is -0.368 e. The van der Waals surface area contributed by atoms with E-state index in [-0.39, 0.29) is 48.7 Å². The van der Waals surface area contributed by atoms with Crippen LogP contribution in [0.2, 0.25) is 0 Å². The van der Waals surface area contributed by atoms with Crippen LogP contribution in [0.4, 0.5) is 15.2 Å². The van der Waals surface area contributed by atoms with Gasteiger partial charge in [0.2, 0.25) is 17.7 Å². The maximum atomic E-state index is 15.3. The molecule has 3 unspecified atom stereocenters. The Morgan fingerprint density at radius 1 is 0.906 bits per heavy atom. The lowest BCUT2D eigenvalue weighted by atomic mass is 9.99. The highest BCUT2D eigenvalue weighted by molar-refractivity contribution is 7.13. The number of amides is 5. The van der Waals surface area contributed by atoms with Crippen LogP contribution in [0, 0.1) is 5.82 Å². The summed E-state index contributed by atoms with van der Waals surface area (Å²) in [6.45, 7) is 2.73. The van der Waals surface area contributed by atoms with Crippen LogP contribution in [0.1, 0.15) is 63.1 Å².